The van der Waals surface area contributed by atoms with E-state index in [-0.39, 0.29) is 30.3 Å². The number of fused-ring (bicyclic) bond motifs is 3. The lowest BCUT2D eigenvalue weighted by atomic mass is 10.2. The average molecular weight is 1500 g/mol. The molecular formula is C61H82Br2O18S3Si5. The van der Waals surface area contributed by atoms with Gasteiger partial charge in [-0.3, -0.25) is 0 Å². The van der Waals surface area contributed by atoms with Crippen molar-refractivity contribution in [3.8, 4) is 0 Å². The molecular weight excluding hydrogens is 1420 g/mol. The number of alkyl halides is 2. The third-order valence-electron chi connectivity index (χ3n) is 12.6. The molecule has 0 atom stereocenters. The molecule has 0 unspecified atom stereocenters. The number of thioether (sulfide) groups is 2. The fourth-order valence-electron chi connectivity index (χ4n) is 7.40. The number of carboxylic acids is 4. The van der Waals surface area contributed by atoms with Crippen LogP contribution in [0.1, 0.15) is 87.3 Å². The minimum absolute atomic E-state index is 0.0231. The molecule has 0 radical (unpaired) electrons. The molecule has 9 aromatic heterocycles. The van der Waals surface area contributed by atoms with Crippen LogP contribution in [0, 0.1) is 0 Å². The monoisotopic (exact) mass is 1500 g/mol. The van der Waals surface area contributed by atoms with Crippen molar-refractivity contribution in [1.29, 1.82) is 0 Å². The molecule has 0 saturated carbocycles. The Balaban J connectivity index is 0.000000219. The van der Waals surface area contributed by atoms with E-state index in [4.69, 9.17) is 61.6 Å². The molecule has 0 aromatic carbocycles. The second-order valence-corrected chi connectivity index (χ2v) is 54.0. The molecule has 11 heterocycles. The van der Waals surface area contributed by atoms with Crippen molar-refractivity contribution in [3.05, 3.63) is 158 Å². The number of thiophene rings is 1. The van der Waals surface area contributed by atoms with Gasteiger partial charge in [-0.25, -0.2) is 19.2 Å². The zero-order chi connectivity index (χ0) is 66.8. The van der Waals surface area contributed by atoms with E-state index in [2.05, 4.69) is 138 Å². The highest BCUT2D eigenvalue weighted by Crippen LogP contribution is 2.31. The highest BCUT2D eigenvalue weighted by Gasteiger charge is 2.30. The zero-order valence-electron chi connectivity index (χ0n) is 52.9. The van der Waals surface area contributed by atoms with E-state index in [1.807, 2.05) is 60.7 Å². The van der Waals surface area contributed by atoms with Gasteiger partial charge in [0, 0.05) is 55.2 Å². The van der Waals surface area contributed by atoms with Gasteiger partial charge in [0.1, 0.15) is 81.2 Å². The summed E-state index contributed by atoms with van der Waals surface area (Å²) in [5.41, 5.74) is 5.52. The van der Waals surface area contributed by atoms with Crippen LogP contribution in [-0.4, -0.2) is 94.9 Å². The van der Waals surface area contributed by atoms with E-state index in [0.717, 1.165) is 55.8 Å². The number of carboxylic acid groups (broad SMARTS) is 4. The van der Waals surface area contributed by atoms with E-state index in [9.17, 15) is 19.2 Å². The predicted molar refractivity (Wildman–Crippen MR) is 375 cm³/mol. The largest absolute Gasteiger partial charge is 0.478 e. The first-order valence-corrected chi connectivity index (χ1v) is 50.9. The second-order valence-electron chi connectivity index (χ2n) is 25.2. The first-order chi connectivity index (χ1) is 41.4. The SMILES string of the molecule is C[Si](C)(C)c1cc(C(=O)O)c(C(=O)O)o1.C[Si](C)(C)c1cc(CBr)c(CBr)o1.C[Si](C)(C)c1cc(CO)c(CO)o1.C[Si](C)(C)c1cc2c(o1)CSC2.C[Si](C)(C)c1ccc(C(=O)O)o1.O=C(O)c1ccco1.c1cc2c(o1)CSC2.c1cc2cscc2o1. The minimum atomic E-state index is -1.83. The Labute approximate surface area is 553 Å². The summed E-state index contributed by atoms with van der Waals surface area (Å²) in [6.45, 7) is 32.3. The topological polar surface area (TPSA) is 295 Å². The Morgan fingerprint density at radius 3 is 1.40 bits per heavy atom. The van der Waals surface area contributed by atoms with E-state index < -0.39 is 70.0 Å². The summed E-state index contributed by atoms with van der Waals surface area (Å²) in [4.78, 5) is 41.9. The van der Waals surface area contributed by atoms with Gasteiger partial charge in [-0.1, -0.05) is 130 Å². The van der Waals surface area contributed by atoms with Crippen molar-refractivity contribution in [2.75, 3.05) is 0 Å². The van der Waals surface area contributed by atoms with Gasteiger partial charge in [0.05, 0.1) is 69.1 Å². The van der Waals surface area contributed by atoms with Gasteiger partial charge in [-0.15, -0.1) is 34.9 Å². The standard InChI is InChI=1S/C9H14Br2OSi.C9H12O5Si.C9H16O3Si.C9H14OSSi.C8H12O3Si.C6H6OS.C6H4OS.C5H4O3/c1-13(2,3)9-4-7(5-10)8(6-11)12-9;1-15(2,3)6-4-5(8(10)11)7(14-6)9(12)13;1-13(2,3)9-4-7(5-10)8(6-11)12-9;1-12(2,3)9-4-7-5-11-6-8(7)10-9;1-12(2,3)7-5-4-6(11-7)8(9)10;2*1-2-7-6-4-8-3-5(1)6;6-5(7)4-2-1-3-8-4/h4H,5-6H2,1-3H3;4H,1-3H3,(H,10,11)(H,12,13);4,10-11H,5-6H2,1-3H3;4H,5-6H2,1-3H3;4-5H,1-3H3,(H,9,10);1-2H,3-4H2;1-4H;1-3H,(H,6,7). The van der Waals surface area contributed by atoms with Gasteiger partial charge in [-0.05, 0) is 60.7 Å². The number of rotatable bonds is 13. The number of furan rings is 8. The molecule has 2 aliphatic rings. The maximum absolute atomic E-state index is 10.8. The fourth-order valence-corrected chi connectivity index (χ4v) is 16.2. The summed E-state index contributed by atoms with van der Waals surface area (Å²) in [6.07, 6.45) is 4.80. The summed E-state index contributed by atoms with van der Waals surface area (Å²) in [5, 5.41) is 63.9. The minimum Gasteiger partial charge on any atom is -0.478 e. The van der Waals surface area contributed by atoms with Crippen molar-refractivity contribution in [1.82, 2.24) is 0 Å². The Hall–Kier alpha value is -5.26. The highest BCUT2D eigenvalue weighted by atomic mass is 79.9. The van der Waals surface area contributed by atoms with Crippen LogP contribution in [0.5, 0.6) is 0 Å². The molecule has 89 heavy (non-hydrogen) atoms. The molecule has 2 aliphatic heterocycles. The second kappa shape index (κ2) is 33.9. The Morgan fingerprint density at radius 1 is 0.461 bits per heavy atom. The lowest BCUT2D eigenvalue weighted by Crippen LogP contribution is -2.36. The van der Waals surface area contributed by atoms with Crippen molar-refractivity contribution < 1.29 is 85.2 Å². The molecule has 0 spiro atoms. The van der Waals surface area contributed by atoms with Gasteiger partial charge in [0.25, 0.3) is 0 Å². The first kappa shape index (κ1) is 76.2. The summed E-state index contributed by atoms with van der Waals surface area (Å²) in [5.74, 6) is 3.29. The van der Waals surface area contributed by atoms with Crippen LogP contribution in [0.2, 0.25) is 98.2 Å². The van der Waals surface area contributed by atoms with Crippen LogP contribution in [0.4, 0.5) is 0 Å². The van der Waals surface area contributed by atoms with Gasteiger partial charge in [-0.2, -0.15) is 0 Å². The molecule has 486 valence electrons. The van der Waals surface area contributed by atoms with Crippen LogP contribution in [0.3, 0.4) is 0 Å². The van der Waals surface area contributed by atoms with Crippen molar-refractivity contribution in [2.24, 2.45) is 0 Å². The lowest BCUT2D eigenvalue weighted by molar-refractivity contribution is 0.0627. The maximum atomic E-state index is 10.8. The van der Waals surface area contributed by atoms with E-state index in [0.29, 0.717) is 16.7 Å². The van der Waals surface area contributed by atoms with E-state index in [1.165, 1.54) is 74.9 Å². The summed E-state index contributed by atoms with van der Waals surface area (Å²) in [6, 6.07) is 17.9. The maximum Gasteiger partial charge on any atom is 0.372 e. The van der Waals surface area contributed by atoms with Gasteiger partial charge in [0.2, 0.25) is 17.3 Å². The first-order valence-electron chi connectivity index (χ1n) is 27.9. The Bertz CT molecular complexity index is 3430. The number of hydrogen-bond donors (Lipinski definition) is 6. The summed E-state index contributed by atoms with van der Waals surface area (Å²) >= 11 is 12.4. The Kier molecular flexibility index (Phi) is 29.0. The number of aliphatic hydroxyl groups is 2. The van der Waals surface area contributed by atoms with Crippen LogP contribution < -0.4 is 26.9 Å². The molecule has 28 heteroatoms. The van der Waals surface area contributed by atoms with E-state index >= 15 is 0 Å². The number of carbonyl (C=O) groups is 4. The van der Waals surface area contributed by atoms with Crippen molar-refractivity contribution >= 4 is 169 Å². The molecule has 0 saturated heterocycles. The molecule has 6 N–H and O–H groups in total. The van der Waals surface area contributed by atoms with Gasteiger partial charge >= 0.3 is 23.9 Å². The van der Waals surface area contributed by atoms with Crippen LogP contribution in [-0.2, 0) is 46.9 Å². The lowest BCUT2D eigenvalue weighted by Gasteiger charge is -2.11. The third-order valence-corrected chi connectivity index (χ3v) is 25.0. The normalized spacial score (nSPS) is 12.5. The van der Waals surface area contributed by atoms with Gasteiger partial charge in [0.15, 0.2) is 0 Å². The van der Waals surface area contributed by atoms with Crippen molar-refractivity contribution in [2.45, 2.75) is 145 Å². The Morgan fingerprint density at radius 2 is 1.00 bits per heavy atom. The molecule has 11 rings (SSSR count). The van der Waals surface area contributed by atoms with Crippen LogP contribution >= 0.6 is 66.7 Å². The summed E-state index contributed by atoms with van der Waals surface area (Å²) in [7, 11) is -7.27. The molecule has 9 aromatic rings. The molecule has 0 amide bonds. The predicted octanol–water partition coefficient (Wildman–Crippen LogP) is 15.2. The number of hydrogen-bond acceptors (Lipinski definition) is 17. The quantitative estimate of drug-likeness (QED) is 0.0462. The third kappa shape index (κ3) is 23.7. The smallest absolute Gasteiger partial charge is 0.372 e. The zero-order valence-corrected chi connectivity index (χ0v) is 63.5. The summed E-state index contributed by atoms with van der Waals surface area (Å²) < 4.78 is 42.1. The van der Waals surface area contributed by atoms with Crippen LogP contribution in [0.25, 0.3) is 11.0 Å². The molecule has 0 aliphatic carbocycles. The molecule has 0 bridgehead atoms. The fraction of sp³-hybridized carbons (Fsp3) is 0.377. The number of aromatic carboxylic acids is 4. The van der Waals surface area contributed by atoms with Crippen molar-refractivity contribution in [3.63, 3.8) is 0 Å². The van der Waals surface area contributed by atoms with Crippen LogP contribution in [0.15, 0.2) is 126 Å². The van der Waals surface area contributed by atoms with E-state index in [1.54, 1.807) is 29.9 Å². The number of halogens is 2. The highest BCUT2D eigenvalue weighted by molar-refractivity contribution is 9.09. The molecule has 18 nitrogen and oxygen atoms in total. The molecule has 0 fully saturated rings. The van der Waals surface area contributed by atoms with Gasteiger partial charge < -0.3 is 66.0 Å². The number of aliphatic hydroxyl groups excluding tert-OH is 2. The average Bonchev–Trinajstić information content (AvgIpc) is 2.00.